The van der Waals surface area contributed by atoms with Gasteiger partial charge in [-0.25, -0.2) is 0 Å². The highest BCUT2D eigenvalue weighted by molar-refractivity contribution is 5.79. The van der Waals surface area contributed by atoms with Crippen LogP contribution < -0.4 is 9.64 Å². The number of benzene rings is 2. The van der Waals surface area contributed by atoms with Crippen LogP contribution in [0.5, 0.6) is 5.75 Å². The highest BCUT2D eigenvalue weighted by Gasteiger charge is 2.19. The smallest absolute Gasteiger partial charge is 0.227 e. The lowest BCUT2D eigenvalue weighted by atomic mass is 10.1. The Morgan fingerprint density at radius 1 is 0.862 bits per heavy atom. The molecule has 1 amide bonds. The van der Waals surface area contributed by atoms with E-state index >= 15 is 0 Å². The van der Waals surface area contributed by atoms with Crippen molar-refractivity contribution in [3.63, 3.8) is 0 Å². The van der Waals surface area contributed by atoms with E-state index in [2.05, 4.69) is 45.9 Å². The van der Waals surface area contributed by atoms with E-state index in [0.717, 1.165) is 49.6 Å². The second-order valence-corrected chi connectivity index (χ2v) is 7.35. The summed E-state index contributed by atoms with van der Waals surface area (Å²) < 4.78 is 7.31. The zero-order chi connectivity index (χ0) is 20.1. The summed E-state index contributed by atoms with van der Waals surface area (Å²) in [6, 6.07) is 20.4. The lowest BCUT2D eigenvalue weighted by molar-refractivity contribution is -0.130. The number of amides is 1. The van der Waals surface area contributed by atoms with E-state index in [-0.39, 0.29) is 5.91 Å². The maximum absolute atomic E-state index is 12.8. The fraction of sp³-hybridized carbons (Fsp3) is 0.292. The first-order valence-electron chi connectivity index (χ1n) is 10.1. The predicted molar refractivity (Wildman–Crippen MR) is 116 cm³/mol. The second kappa shape index (κ2) is 8.86. The molecule has 0 atom stereocenters. The molecule has 1 aliphatic heterocycles. The Morgan fingerprint density at radius 3 is 2.24 bits per heavy atom. The fourth-order valence-corrected chi connectivity index (χ4v) is 3.80. The molecule has 1 fully saturated rings. The van der Waals surface area contributed by atoms with E-state index in [0.29, 0.717) is 6.42 Å². The van der Waals surface area contributed by atoms with E-state index in [9.17, 15) is 4.79 Å². The molecule has 0 N–H and O–H groups in total. The molecule has 2 aromatic carbocycles. The van der Waals surface area contributed by atoms with Crippen molar-refractivity contribution in [2.45, 2.75) is 12.8 Å². The van der Waals surface area contributed by atoms with Gasteiger partial charge in [-0.15, -0.1) is 0 Å². The van der Waals surface area contributed by atoms with Gasteiger partial charge < -0.3 is 19.1 Å². The molecular weight excluding hydrogens is 362 g/mol. The van der Waals surface area contributed by atoms with E-state index in [1.54, 1.807) is 7.11 Å². The number of carbonyl (C=O) groups is 1. The Hall–Kier alpha value is -3.21. The summed E-state index contributed by atoms with van der Waals surface area (Å²) in [7, 11) is 1.68. The number of nitrogens with zero attached hydrogens (tertiary/aromatic N) is 3. The normalized spacial score (nSPS) is 14.5. The van der Waals surface area contributed by atoms with E-state index in [1.807, 2.05) is 41.6 Å². The molecule has 1 aromatic heterocycles. The molecule has 0 aliphatic carbocycles. The van der Waals surface area contributed by atoms with Gasteiger partial charge >= 0.3 is 0 Å². The topological polar surface area (TPSA) is 37.7 Å². The van der Waals surface area contributed by atoms with Gasteiger partial charge in [0.15, 0.2) is 0 Å². The molecule has 1 saturated heterocycles. The molecule has 1 aliphatic rings. The molecule has 150 valence electrons. The van der Waals surface area contributed by atoms with Gasteiger partial charge in [0.05, 0.1) is 13.5 Å². The van der Waals surface area contributed by atoms with Crippen molar-refractivity contribution in [1.82, 2.24) is 9.47 Å². The molecule has 3 aromatic rings. The van der Waals surface area contributed by atoms with Gasteiger partial charge in [-0.05, 0) is 60.5 Å². The van der Waals surface area contributed by atoms with Crippen LogP contribution in [0.2, 0.25) is 0 Å². The molecule has 29 heavy (non-hydrogen) atoms. The highest BCUT2D eigenvalue weighted by atomic mass is 16.5. The summed E-state index contributed by atoms with van der Waals surface area (Å²) in [5.41, 5.74) is 3.35. The summed E-state index contributed by atoms with van der Waals surface area (Å²) in [5.74, 6) is 1.07. The quantitative estimate of drug-likeness (QED) is 0.667. The van der Waals surface area contributed by atoms with E-state index in [4.69, 9.17) is 4.74 Å². The van der Waals surface area contributed by atoms with Crippen molar-refractivity contribution in [2.24, 2.45) is 0 Å². The van der Waals surface area contributed by atoms with Crippen LogP contribution in [0.3, 0.4) is 0 Å². The van der Waals surface area contributed by atoms with Crippen molar-refractivity contribution in [3.05, 3.63) is 78.6 Å². The molecule has 2 heterocycles. The third-order valence-electron chi connectivity index (χ3n) is 5.48. The van der Waals surface area contributed by atoms with Crippen molar-refractivity contribution < 1.29 is 9.53 Å². The van der Waals surface area contributed by atoms with Crippen LogP contribution in [-0.2, 0) is 11.2 Å². The van der Waals surface area contributed by atoms with Crippen molar-refractivity contribution >= 4 is 11.6 Å². The third kappa shape index (κ3) is 4.62. The Kier molecular flexibility index (Phi) is 5.84. The summed E-state index contributed by atoms with van der Waals surface area (Å²) in [4.78, 5) is 17.2. The Bertz CT molecular complexity index is 918. The molecule has 0 bridgehead atoms. The molecule has 0 spiro atoms. The fourth-order valence-electron chi connectivity index (χ4n) is 3.80. The molecule has 0 radical (unpaired) electrons. The van der Waals surface area contributed by atoms with Gasteiger partial charge in [-0.3, -0.25) is 4.79 Å². The number of hydrogen-bond donors (Lipinski definition) is 0. The van der Waals surface area contributed by atoms with Gasteiger partial charge in [-0.2, -0.15) is 0 Å². The number of ether oxygens (including phenoxy) is 1. The van der Waals surface area contributed by atoms with Crippen LogP contribution in [-0.4, -0.2) is 48.7 Å². The average Bonchev–Trinajstić information content (AvgIpc) is 3.19. The van der Waals surface area contributed by atoms with Crippen LogP contribution >= 0.6 is 0 Å². The number of rotatable bonds is 5. The first-order chi connectivity index (χ1) is 14.2. The second-order valence-electron chi connectivity index (χ2n) is 7.35. The number of hydrogen-bond acceptors (Lipinski definition) is 3. The zero-order valence-corrected chi connectivity index (χ0v) is 16.8. The number of carbonyl (C=O) groups excluding carboxylic acids is 1. The lowest BCUT2D eigenvalue weighted by Gasteiger charge is -2.24. The van der Waals surface area contributed by atoms with Crippen LogP contribution in [0.25, 0.3) is 5.69 Å². The minimum Gasteiger partial charge on any atom is -0.497 e. The minimum absolute atomic E-state index is 0.204. The van der Waals surface area contributed by atoms with Crippen molar-refractivity contribution in [3.8, 4) is 11.4 Å². The standard InChI is InChI=1S/C24H27N3O2/c1-29-23-11-9-22(10-12-23)26-15-4-16-27(18-17-26)24(28)19-20-5-7-21(8-6-20)25-13-2-3-14-25/h2-3,5-14H,4,15-19H2,1H3. The third-order valence-corrected chi connectivity index (χ3v) is 5.48. The van der Waals surface area contributed by atoms with Gasteiger partial charge in [0.1, 0.15) is 5.75 Å². The average molecular weight is 389 g/mol. The summed E-state index contributed by atoms with van der Waals surface area (Å²) in [6.07, 6.45) is 5.47. The molecular formula is C24H27N3O2. The van der Waals surface area contributed by atoms with Crippen LogP contribution in [0.4, 0.5) is 5.69 Å². The van der Waals surface area contributed by atoms with E-state index in [1.165, 1.54) is 5.69 Å². The Balaban J connectivity index is 1.34. The number of aromatic nitrogens is 1. The zero-order valence-electron chi connectivity index (χ0n) is 16.8. The van der Waals surface area contributed by atoms with Crippen LogP contribution in [0, 0.1) is 0 Å². The van der Waals surface area contributed by atoms with Crippen LogP contribution in [0.1, 0.15) is 12.0 Å². The summed E-state index contributed by atoms with van der Waals surface area (Å²) in [6.45, 7) is 3.38. The molecule has 0 unspecified atom stereocenters. The van der Waals surface area contributed by atoms with Gasteiger partial charge in [0, 0.05) is 49.9 Å². The van der Waals surface area contributed by atoms with Gasteiger partial charge in [0.2, 0.25) is 5.91 Å². The molecule has 5 nitrogen and oxygen atoms in total. The number of anilines is 1. The first kappa shape index (κ1) is 19.1. The maximum Gasteiger partial charge on any atom is 0.227 e. The van der Waals surface area contributed by atoms with Crippen molar-refractivity contribution in [1.29, 1.82) is 0 Å². The SMILES string of the molecule is COc1ccc(N2CCCN(C(=O)Cc3ccc(-n4cccc4)cc3)CC2)cc1. The molecule has 0 saturated carbocycles. The molecule has 4 rings (SSSR count). The summed E-state index contributed by atoms with van der Waals surface area (Å²) >= 11 is 0. The first-order valence-corrected chi connectivity index (χ1v) is 10.1. The monoisotopic (exact) mass is 389 g/mol. The van der Waals surface area contributed by atoms with Crippen LogP contribution in [0.15, 0.2) is 73.1 Å². The van der Waals surface area contributed by atoms with E-state index < -0.39 is 0 Å². The van der Waals surface area contributed by atoms with Crippen molar-refractivity contribution in [2.75, 3.05) is 38.2 Å². The minimum atomic E-state index is 0.204. The predicted octanol–water partition coefficient (Wildman–Crippen LogP) is 3.77. The largest absolute Gasteiger partial charge is 0.497 e. The van der Waals surface area contributed by atoms with Gasteiger partial charge in [-0.1, -0.05) is 12.1 Å². The number of methoxy groups -OCH3 is 1. The van der Waals surface area contributed by atoms with Gasteiger partial charge in [0.25, 0.3) is 0 Å². The Morgan fingerprint density at radius 2 is 1.55 bits per heavy atom. The summed E-state index contributed by atoms with van der Waals surface area (Å²) in [5, 5.41) is 0. The Labute approximate surface area is 172 Å². The maximum atomic E-state index is 12.8. The molecule has 5 heteroatoms. The highest BCUT2D eigenvalue weighted by Crippen LogP contribution is 2.21. The lowest BCUT2D eigenvalue weighted by Crippen LogP contribution is -2.36.